The molecule has 3 fully saturated rings. The van der Waals surface area contributed by atoms with E-state index in [1.54, 1.807) is 0 Å². The largest absolute Gasteiger partial charge is 0.373 e. The van der Waals surface area contributed by atoms with Crippen LogP contribution in [0.4, 0.5) is 14.5 Å². The Morgan fingerprint density at radius 3 is 2.65 bits per heavy atom. The summed E-state index contributed by atoms with van der Waals surface area (Å²) >= 11 is 0. The number of fused-ring (bicyclic) bond motifs is 1. The molecule has 2 saturated heterocycles. The molecular weight excluding hydrogens is 474 g/mol. The average molecular weight is 503 g/mol. The second-order valence-electron chi connectivity index (χ2n) is 10.4. The van der Waals surface area contributed by atoms with E-state index < -0.39 is 11.6 Å². The van der Waals surface area contributed by atoms with Gasteiger partial charge in [0.25, 0.3) is 0 Å². The van der Waals surface area contributed by atoms with Crippen molar-refractivity contribution in [1.82, 2.24) is 24.7 Å². The van der Waals surface area contributed by atoms with Crippen molar-refractivity contribution in [2.24, 2.45) is 0 Å². The van der Waals surface area contributed by atoms with Gasteiger partial charge in [0.2, 0.25) is 0 Å². The SMILES string of the molecule is Cc1nc2nc(C3CCOC(c4cnn(C5CC5)c4)C3)nc(-c3ccc(F)cc3F)c2cc1N1CCC1. The number of nitrogens with zero attached hydrogens (tertiary/aromatic N) is 6. The number of hydrogen-bond acceptors (Lipinski definition) is 6. The molecule has 1 aliphatic carbocycles. The van der Waals surface area contributed by atoms with Crippen molar-refractivity contribution in [3.8, 4) is 11.3 Å². The van der Waals surface area contributed by atoms with Crippen LogP contribution in [0.1, 0.15) is 67.2 Å². The molecule has 9 heteroatoms. The van der Waals surface area contributed by atoms with E-state index in [0.717, 1.165) is 48.9 Å². The Balaban J connectivity index is 1.30. The second-order valence-corrected chi connectivity index (χ2v) is 10.4. The maximum atomic E-state index is 15.0. The number of benzene rings is 1. The van der Waals surface area contributed by atoms with Gasteiger partial charge in [0.05, 0.1) is 35.4 Å². The molecule has 5 heterocycles. The van der Waals surface area contributed by atoms with Gasteiger partial charge in [-0.05, 0) is 57.2 Å². The molecule has 1 saturated carbocycles. The fraction of sp³-hybridized carbons (Fsp3) is 0.429. The molecule has 0 spiro atoms. The first-order valence-electron chi connectivity index (χ1n) is 13.1. The van der Waals surface area contributed by atoms with Crippen molar-refractivity contribution in [2.75, 3.05) is 24.6 Å². The molecule has 0 N–H and O–H groups in total. The van der Waals surface area contributed by atoms with Crippen molar-refractivity contribution in [3.63, 3.8) is 0 Å². The van der Waals surface area contributed by atoms with E-state index in [9.17, 15) is 4.39 Å². The van der Waals surface area contributed by atoms with Gasteiger partial charge in [-0.3, -0.25) is 4.68 Å². The lowest BCUT2D eigenvalue weighted by Gasteiger charge is -2.34. The number of aromatic nitrogens is 5. The molecule has 4 aromatic rings. The molecule has 7 rings (SSSR count). The molecule has 190 valence electrons. The molecule has 37 heavy (non-hydrogen) atoms. The maximum Gasteiger partial charge on any atom is 0.163 e. The Bertz CT molecular complexity index is 1500. The Morgan fingerprint density at radius 1 is 1.03 bits per heavy atom. The molecule has 0 bridgehead atoms. The van der Waals surface area contributed by atoms with Gasteiger partial charge >= 0.3 is 0 Å². The van der Waals surface area contributed by atoms with E-state index in [2.05, 4.69) is 16.2 Å². The molecule has 3 aromatic heterocycles. The summed E-state index contributed by atoms with van der Waals surface area (Å²) in [6.07, 6.45) is 8.84. The first-order chi connectivity index (χ1) is 18.0. The van der Waals surface area contributed by atoms with E-state index in [4.69, 9.17) is 19.7 Å². The minimum absolute atomic E-state index is 0.0202. The van der Waals surface area contributed by atoms with Gasteiger partial charge < -0.3 is 9.64 Å². The van der Waals surface area contributed by atoms with Crippen LogP contribution in [-0.4, -0.2) is 44.4 Å². The maximum absolute atomic E-state index is 15.0. The lowest BCUT2D eigenvalue weighted by Crippen LogP contribution is -2.37. The number of pyridine rings is 1. The fourth-order valence-electron chi connectivity index (χ4n) is 5.42. The summed E-state index contributed by atoms with van der Waals surface area (Å²) in [5.41, 5.74) is 4.21. The summed E-state index contributed by atoms with van der Waals surface area (Å²) in [6.45, 7) is 4.49. The van der Waals surface area contributed by atoms with Crippen LogP contribution in [0.15, 0.2) is 36.7 Å². The quantitative estimate of drug-likeness (QED) is 0.351. The van der Waals surface area contributed by atoms with Crippen LogP contribution in [0.3, 0.4) is 0 Å². The molecular formula is C28H28F2N6O. The monoisotopic (exact) mass is 502 g/mol. The summed E-state index contributed by atoms with van der Waals surface area (Å²) in [7, 11) is 0. The van der Waals surface area contributed by atoms with Crippen LogP contribution >= 0.6 is 0 Å². The van der Waals surface area contributed by atoms with E-state index in [-0.39, 0.29) is 17.6 Å². The zero-order chi connectivity index (χ0) is 25.1. The summed E-state index contributed by atoms with van der Waals surface area (Å²) in [5, 5.41) is 5.20. The third kappa shape index (κ3) is 4.15. The molecule has 7 nitrogen and oxygen atoms in total. The van der Waals surface area contributed by atoms with Gasteiger partial charge in [-0.15, -0.1) is 0 Å². The number of hydrogen-bond donors (Lipinski definition) is 0. The van der Waals surface area contributed by atoms with Gasteiger partial charge in [-0.1, -0.05) is 0 Å². The predicted molar refractivity (Wildman–Crippen MR) is 135 cm³/mol. The van der Waals surface area contributed by atoms with Crippen molar-refractivity contribution < 1.29 is 13.5 Å². The van der Waals surface area contributed by atoms with Crippen LogP contribution in [0.25, 0.3) is 22.3 Å². The smallest absolute Gasteiger partial charge is 0.163 e. The van der Waals surface area contributed by atoms with Crippen LogP contribution < -0.4 is 4.90 Å². The number of anilines is 1. The highest BCUT2D eigenvalue weighted by molar-refractivity contribution is 5.93. The third-order valence-electron chi connectivity index (χ3n) is 7.81. The Labute approximate surface area is 213 Å². The van der Waals surface area contributed by atoms with Gasteiger partial charge in [-0.25, -0.2) is 23.7 Å². The molecule has 2 aliphatic heterocycles. The van der Waals surface area contributed by atoms with Crippen molar-refractivity contribution in [2.45, 2.75) is 57.1 Å². The zero-order valence-electron chi connectivity index (χ0n) is 20.7. The Kier molecular flexibility index (Phi) is 5.42. The van der Waals surface area contributed by atoms with Crippen molar-refractivity contribution >= 4 is 16.7 Å². The number of ether oxygens (including phenoxy) is 1. The first-order valence-corrected chi connectivity index (χ1v) is 13.1. The molecule has 3 aliphatic rings. The summed E-state index contributed by atoms with van der Waals surface area (Å²) in [4.78, 5) is 16.9. The van der Waals surface area contributed by atoms with E-state index in [0.29, 0.717) is 41.6 Å². The molecule has 2 unspecified atom stereocenters. The normalized spacial score (nSPS) is 21.9. The zero-order valence-corrected chi connectivity index (χ0v) is 20.7. The molecule has 0 amide bonds. The average Bonchev–Trinajstić information content (AvgIpc) is 3.59. The topological polar surface area (TPSA) is 69.0 Å². The van der Waals surface area contributed by atoms with Gasteiger partial charge in [0.1, 0.15) is 17.5 Å². The van der Waals surface area contributed by atoms with Crippen LogP contribution in [0, 0.1) is 18.6 Å². The second kappa shape index (κ2) is 8.83. The van der Waals surface area contributed by atoms with Crippen LogP contribution in [0.5, 0.6) is 0 Å². The molecule has 1 aromatic carbocycles. The lowest BCUT2D eigenvalue weighted by molar-refractivity contribution is 0.00396. The van der Waals surface area contributed by atoms with Crippen molar-refractivity contribution in [1.29, 1.82) is 0 Å². The fourth-order valence-corrected chi connectivity index (χ4v) is 5.42. The third-order valence-corrected chi connectivity index (χ3v) is 7.81. The highest BCUT2D eigenvalue weighted by atomic mass is 19.1. The Morgan fingerprint density at radius 2 is 1.89 bits per heavy atom. The van der Waals surface area contributed by atoms with E-state index in [1.807, 2.05) is 23.9 Å². The van der Waals surface area contributed by atoms with Crippen molar-refractivity contribution in [3.05, 3.63) is 65.4 Å². The number of aryl methyl sites for hydroxylation is 1. The summed E-state index contributed by atoms with van der Waals surface area (Å²) in [5.74, 6) is -0.618. The number of rotatable bonds is 5. The summed E-state index contributed by atoms with van der Waals surface area (Å²) < 4.78 is 37.0. The Hall–Kier alpha value is -3.46. The molecule has 2 atom stereocenters. The van der Waals surface area contributed by atoms with Crippen LogP contribution in [0.2, 0.25) is 0 Å². The first kappa shape index (κ1) is 22.7. The van der Waals surface area contributed by atoms with E-state index >= 15 is 4.39 Å². The minimum Gasteiger partial charge on any atom is -0.373 e. The van der Waals surface area contributed by atoms with Gasteiger partial charge in [0.15, 0.2) is 5.65 Å². The molecule has 0 radical (unpaired) electrons. The highest BCUT2D eigenvalue weighted by Gasteiger charge is 2.31. The predicted octanol–water partition coefficient (Wildman–Crippen LogP) is 5.66. The van der Waals surface area contributed by atoms with E-state index in [1.165, 1.54) is 25.0 Å². The summed E-state index contributed by atoms with van der Waals surface area (Å²) in [6, 6.07) is 6.16. The highest BCUT2D eigenvalue weighted by Crippen LogP contribution is 2.40. The van der Waals surface area contributed by atoms with Gasteiger partial charge in [0, 0.05) is 54.4 Å². The minimum atomic E-state index is -0.644. The standard InChI is InChI=1S/C28H28F2N6O/c1-16-24(35-8-2-9-35)13-22-26(21-6-3-19(29)12-23(21)30)33-27(34-28(22)32-16)17-7-10-37-25(11-17)18-14-31-36(15-18)20-4-5-20/h3,6,12-15,17,20,25H,2,4-5,7-11H2,1H3. The number of halogens is 2. The van der Waals surface area contributed by atoms with Crippen LogP contribution in [-0.2, 0) is 4.74 Å². The van der Waals surface area contributed by atoms with Gasteiger partial charge in [-0.2, -0.15) is 5.10 Å². The lowest BCUT2D eigenvalue weighted by atomic mass is 9.92.